The van der Waals surface area contributed by atoms with Crippen LogP contribution in [0.15, 0.2) is 36.4 Å². The van der Waals surface area contributed by atoms with E-state index >= 15 is 0 Å². The van der Waals surface area contributed by atoms with E-state index in [1.165, 1.54) is 12.1 Å². The highest BCUT2D eigenvalue weighted by atomic mass is 19.1. The molecule has 3 rings (SSSR count). The van der Waals surface area contributed by atoms with Crippen LogP contribution in [0.4, 0.5) is 4.39 Å². The molecule has 1 heterocycles. The Labute approximate surface area is 155 Å². The molecule has 0 spiro atoms. The van der Waals surface area contributed by atoms with Gasteiger partial charge in [0.25, 0.3) is 0 Å². The summed E-state index contributed by atoms with van der Waals surface area (Å²) in [5.41, 5.74) is 0.776. The van der Waals surface area contributed by atoms with Gasteiger partial charge in [0.05, 0.1) is 18.1 Å². The van der Waals surface area contributed by atoms with Crippen molar-refractivity contribution in [3.8, 4) is 17.6 Å². The van der Waals surface area contributed by atoms with Gasteiger partial charge in [-0.1, -0.05) is 6.07 Å². The molecule has 6 nitrogen and oxygen atoms in total. The predicted octanol–water partition coefficient (Wildman–Crippen LogP) is 3.17. The van der Waals surface area contributed by atoms with Crippen molar-refractivity contribution in [1.82, 2.24) is 0 Å². The van der Waals surface area contributed by atoms with Gasteiger partial charge in [0.2, 0.25) is 0 Å². The fourth-order valence-corrected chi connectivity index (χ4v) is 2.54. The van der Waals surface area contributed by atoms with Crippen molar-refractivity contribution >= 4 is 11.8 Å². The number of ketones is 1. The van der Waals surface area contributed by atoms with E-state index in [0.717, 1.165) is 6.07 Å². The van der Waals surface area contributed by atoms with Crippen molar-refractivity contribution in [2.75, 3.05) is 13.2 Å². The second kappa shape index (κ2) is 8.32. The molecule has 0 atom stereocenters. The fraction of sp³-hybridized carbons (Fsp3) is 0.250. The third kappa shape index (κ3) is 4.61. The average molecular weight is 369 g/mol. The Morgan fingerprint density at radius 2 is 1.85 bits per heavy atom. The SMILES string of the molecule is N#Cc1ccc(COC(=O)CCC(=O)c2ccc3c(c2)OCCO3)c(F)c1. The first-order valence-electron chi connectivity index (χ1n) is 8.34. The number of nitriles is 1. The van der Waals surface area contributed by atoms with Crippen LogP contribution in [0.25, 0.3) is 0 Å². The lowest BCUT2D eigenvalue weighted by molar-refractivity contribution is -0.144. The molecular weight excluding hydrogens is 353 g/mol. The fourth-order valence-electron chi connectivity index (χ4n) is 2.54. The van der Waals surface area contributed by atoms with Crippen molar-refractivity contribution in [3.05, 3.63) is 58.9 Å². The van der Waals surface area contributed by atoms with E-state index in [2.05, 4.69) is 0 Å². The summed E-state index contributed by atoms with van der Waals surface area (Å²) in [5.74, 6) is -0.361. The monoisotopic (exact) mass is 369 g/mol. The van der Waals surface area contributed by atoms with Crippen LogP contribution in [0.1, 0.15) is 34.3 Å². The summed E-state index contributed by atoms with van der Waals surface area (Å²) in [6, 6.07) is 10.6. The van der Waals surface area contributed by atoms with Crippen LogP contribution < -0.4 is 9.47 Å². The molecule has 2 aromatic carbocycles. The van der Waals surface area contributed by atoms with E-state index in [9.17, 15) is 14.0 Å². The Balaban J connectivity index is 1.50. The summed E-state index contributed by atoms with van der Waals surface area (Å²) in [6.07, 6.45) is -0.153. The lowest BCUT2D eigenvalue weighted by Crippen LogP contribution is -2.16. The summed E-state index contributed by atoms with van der Waals surface area (Å²) >= 11 is 0. The Morgan fingerprint density at radius 1 is 1.07 bits per heavy atom. The van der Waals surface area contributed by atoms with Crippen molar-refractivity contribution in [2.24, 2.45) is 0 Å². The van der Waals surface area contributed by atoms with Crippen molar-refractivity contribution in [2.45, 2.75) is 19.4 Å². The Morgan fingerprint density at radius 3 is 2.59 bits per heavy atom. The first kappa shape index (κ1) is 18.4. The van der Waals surface area contributed by atoms with Crippen molar-refractivity contribution in [1.29, 1.82) is 5.26 Å². The average Bonchev–Trinajstić information content (AvgIpc) is 2.70. The second-order valence-electron chi connectivity index (χ2n) is 5.86. The number of esters is 1. The molecule has 1 aliphatic rings. The van der Waals surface area contributed by atoms with Gasteiger partial charge in [-0.2, -0.15) is 5.26 Å². The molecule has 0 saturated carbocycles. The zero-order valence-electron chi connectivity index (χ0n) is 14.4. The van der Waals surface area contributed by atoms with Crippen LogP contribution in [0.3, 0.4) is 0 Å². The van der Waals surface area contributed by atoms with E-state index in [-0.39, 0.29) is 36.4 Å². The van der Waals surface area contributed by atoms with Crippen LogP contribution >= 0.6 is 0 Å². The number of halogens is 1. The third-order valence-corrected chi connectivity index (χ3v) is 3.99. The topological polar surface area (TPSA) is 85.6 Å². The molecule has 27 heavy (non-hydrogen) atoms. The number of rotatable bonds is 6. The van der Waals surface area contributed by atoms with E-state index in [1.807, 2.05) is 6.07 Å². The Bertz CT molecular complexity index is 919. The molecule has 0 radical (unpaired) electrons. The lowest BCUT2D eigenvalue weighted by atomic mass is 10.1. The number of fused-ring (bicyclic) bond motifs is 1. The molecule has 2 aromatic rings. The second-order valence-corrected chi connectivity index (χ2v) is 5.86. The maximum Gasteiger partial charge on any atom is 0.306 e. The quantitative estimate of drug-likeness (QED) is 0.574. The van der Waals surface area contributed by atoms with Gasteiger partial charge in [-0.3, -0.25) is 9.59 Å². The largest absolute Gasteiger partial charge is 0.486 e. The smallest absolute Gasteiger partial charge is 0.306 e. The van der Waals surface area contributed by atoms with Gasteiger partial charge in [-0.25, -0.2) is 4.39 Å². The van der Waals surface area contributed by atoms with Crippen LogP contribution in [0.2, 0.25) is 0 Å². The molecule has 0 unspecified atom stereocenters. The highest BCUT2D eigenvalue weighted by Gasteiger charge is 2.16. The van der Waals surface area contributed by atoms with Crippen LogP contribution in [0.5, 0.6) is 11.5 Å². The molecule has 1 aliphatic heterocycles. The van der Waals surface area contributed by atoms with Crippen LogP contribution in [-0.2, 0) is 16.1 Å². The summed E-state index contributed by atoms with van der Waals surface area (Å²) in [6.45, 7) is 0.628. The van der Waals surface area contributed by atoms with E-state index < -0.39 is 11.8 Å². The van der Waals surface area contributed by atoms with Gasteiger partial charge in [0.1, 0.15) is 25.6 Å². The summed E-state index contributed by atoms with van der Waals surface area (Å²) in [5, 5.41) is 8.70. The van der Waals surface area contributed by atoms with Gasteiger partial charge in [-0.15, -0.1) is 0 Å². The van der Waals surface area contributed by atoms with Gasteiger partial charge in [0.15, 0.2) is 17.3 Å². The third-order valence-electron chi connectivity index (χ3n) is 3.99. The van der Waals surface area contributed by atoms with Crippen molar-refractivity contribution in [3.63, 3.8) is 0 Å². The number of carbonyl (C=O) groups is 2. The minimum absolute atomic E-state index is 0.0334. The zero-order chi connectivity index (χ0) is 19.2. The molecular formula is C20H16FNO5. The van der Waals surface area contributed by atoms with Crippen molar-refractivity contribution < 1.29 is 28.2 Å². The number of Topliss-reactive ketones (excluding diaryl/α,β-unsaturated/α-hetero) is 1. The molecule has 0 fully saturated rings. The highest BCUT2D eigenvalue weighted by Crippen LogP contribution is 2.31. The first-order valence-corrected chi connectivity index (χ1v) is 8.34. The Hall–Kier alpha value is -3.40. The van der Waals surface area contributed by atoms with Gasteiger partial charge in [0, 0.05) is 17.5 Å². The number of hydrogen-bond acceptors (Lipinski definition) is 6. The minimum Gasteiger partial charge on any atom is -0.486 e. The van der Waals surface area contributed by atoms with Gasteiger partial charge >= 0.3 is 5.97 Å². The van der Waals surface area contributed by atoms with E-state index in [4.69, 9.17) is 19.5 Å². The standard InChI is InChI=1S/C20H16FNO5/c21-16-9-13(11-22)1-2-15(16)12-27-20(24)6-4-17(23)14-3-5-18-19(10-14)26-8-7-25-18/h1-3,5,9-10H,4,6-8,12H2. The number of nitrogens with zero attached hydrogens (tertiary/aromatic N) is 1. The predicted molar refractivity (Wildman–Crippen MR) is 91.9 cm³/mol. The molecule has 0 aromatic heterocycles. The maximum atomic E-state index is 13.7. The van der Waals surface area contributed by atoms with Gasteiger partial charge in [-0.05, 0) is 30.3 Å². The lowest BCUT2D eigenvalue weighted by Gasteiger charge is -2.18. The zero-order valence-corrected chi connectivity index (χ0v) is 14.4. The summed E-state index contributed by atoms with van der Waals surface area (Å²) < 4.78 is 29.6. The summed E-state index contributed by atoms with van der Waals surface area (Å²) in [7, 11) is 0. The minimum atomic E-state index is -0.616. The van der Waals surface area contributed by atoms with E-state index in [1.54, 1.807) is 18.2 Å². The Kier molecular flexibility index (Phi) is 5.67. The first-order chi connectivity index (χ1) is 13.1. The number of ether oxygens (including phenoxy) is 3. The molecule has 138 valence electrons. The number of benzene rings is 2. The molecule has 0 amide bonds. The number of hydrogen-bond donors (Lipinski definition) is 0. The summed E-state index contributed by atoms with van der Waals surface area (Å²) in [4.78, 5) is 24.1. The van der Waals surface area contributed by atoms with E-state index in [0.29, 0.717) is 30.3 Å². The molecule has 0 N–H and O–H groups in total. The molecule has 7 heteroatoms. The molecule has 0 aliphatic carbocycles. The van der Waals surface area contributed by atoms with Gasteiger partial charge < -0.3 is 14.2 Å². The number of carbonyl (C=O) groups excluding carboxylic acids is 2. The maximum absolute atomic E-state index is 13.7. The molecule has 0 saturated heterocycles. The normalized spacial score (nSPS) is 12.1. The van der Waals surface area contributed by atoms with Crippen LogP contribution in [0, 0.1) is 17.1 Å². The molecule has 0 bridgehead atoms. The van der Waals surface area contributed by atoms with Crippen LogP contribution in [-0.4, -0.2) is 25.0 Å². The highest BCUT2D eigenvalue weighted by molar-refractivity contribution is 5.98.